The topological polar surface area (TPSA) is 115 Å². The second kappa shape index (κ2) is 5.28. The molecule has 23 heavy (non-hydrogen) atoms. The number of anilines is 1. The van der Waals surface area contributed by atoms with E-state index in [9.17, 15) is 4.79 Å². The predicted octanol–water partition coefficient (Wildman–Crippen LogP) is 2.09. The minimum absolute atomic E-state index is 0.134. The van der Waals surface area contributed by atoms with Crippen LogP contribution in [0.2, 0.25) is 5.02 Å². The predicted molar refractivity (Wildman–Crippen MR) is 86.6 cm³/mol. The highest BCUT2D eigenvalue weighted by molar-refractivity contribution is 7.98. The standard InChI is InChI=1S/C13H9ClN6O2S/c14-6-1-2-8-9(3-6)22-13(17-8)23-5-7-4-10(21)20-12(16-7)18-11(15)19-20/h1-4H,5H2,(H3,15,16,18,19). The van der Waals surface area contributed by atoms with E-state index in [0.29, 0.717) is 27.3 Å². The first-order chi connectivity index (χ1) is 11.1. The first-order valence-corrected chi connectivity index (χ1v) is 7.88. The quantitative estimate of drug-likeness (QED) is 0.544. The normalized spacial score (nSPS) is 11.5. The molecule has 3 aromatic heterocycles. The van der Waals surface area contributed by atoms with E-state index in [0.717, 1.165) is 5.52 Å². The summed E-state index contributed by atoms with van der Waals surface area (Å²) in [5.41, 5.74) is 7.14. The van der Waals surface area contributed by atoms with Crippen molar-refractivity contribution >= 4 is 46.2 Å². The van der Waals surface area contributed by atoms with Crippen molar-refractivity contribution in [1.82, 2.24) is 24.6 Å². The summed E-state index contributed by atoms with van der Waals surface area (Å²) in [6.07, 6.45) is 0. The molecule has 3 N–H and O–H groups in total. The Balaban J connectivity index is 1.61. The minimum Gasteiger partial charge on any atom is -0.431 e. The number of nitrogens with two attached hydrogens (primary N) is 1. The maximum atomic E-state index is 11.9. The Labute approximate surface area is 137 Å². The van der Waals surface area contributed by atoms with Crippen LogP contribution in [0.1, 0.15) is 5.69 Å². The fraction of sp³-hybridized carbons (Fsp3) is 0.0769. The molecule has 0 aliphatic heterocycles. The smallest absolute Gasteiger partial charge is 0.274 e. The van der Waals surface area contributed by atoms with Crippen LogP contribution in [0.15, 0.2) is 38.7 Å². The summed E-state index contributed by atoms with van der Waals surface area (Å²) in [6.45, 7) is 0. The first-order valence-electron chi connectivity index (χ1n) is 6.51. The summed E-state index contributed by atoms with van der Waals surface area (Å²) in [7, 11) is 0. The number of hydrogen-bond acceptors (Lipinski definition) is 7. The van der Waals surface area contributed by atoms with Gasteiger partial charge in [0, 0.05) is 22.9 Å². The van der Waals surface area contributed by atoms with Crippen molar-refractivity contribution in [2.45, 2.75) is 11.0 Å². The van der Waals surface area contributed by atoms with Gasteiger partial charge in [0.2, 0.25) is 5.95 Å². The van der Waals surface area contributed by atoms with Crippen LogP contribution in [-0.2, 0) is 5.75 Å². The highest BCUT2D eigenvalue weighted by Crippen LogP contribution is 2.27. The molecule has 0 fully saturated rings. The lowest BCUT2D eigenvalue weighted by atomic mass is 10.3. The van der Waals surface area contributed by atoms with Gasteiger partial charge >= 0.3 is 0 Å². The lowest BCUT2D eigenvalue weighted by molar-refractivity contribution is 0.489. The van der Waals surface area contributed by atoms with Crippen molar-refractivity contribution in [2.24, 2.45) is 0 Å². The molecule has 4 rings (SSSR count). The Morgan fingerprint density at radius 1 is 1.30 bits per heavy atom. The summed E-state index contributed by atoms with van der Waals surface area (Å²) >= 11 is 7.24. The van der Waals surface area contributed by atoms with Crippen molar-refractivity contribution in [1.29, 1.82) is 0 Å². The highest BCUT2D eigenvalue weighted by Gasteiger charge is 2.10. The molecular weight excluding hydrogens is 340 g/mol. The molecule has 116 valence electrons. The molecule has 0 unspecified atom stereocenters. The van der Waals surface area contributed by atoms with Crippen molar-refractivity contribution in [3.05, 3.63) is 45.3 Å². The van der Waals surface area contributed by atoms with E-state index in [1.807, 2.05) is 0 Å². The van der Waals surface area contributed by atoms with Gasteiger partial charge in [0.25, 0.3) is 16.6 Å². The van der Waals surface area contributed by atoms with E-state index in [1.165, 1.54) is 22.3 Å². The van der Waals surface area contributed by atoms with E-state index < -0.39 is 0 Å². The summed E-state index contributed by atoms with van der Waals surface area (Å²) < 4.78 is 6.79. The molecule has 0 amide bonds. The second-order valence-corrected chi connectivity index (χ2v) is 6.07. The Morgan fingerprint density at radius 3 is 3.04 bits per heavy atom. The van der Waals surface area contributed by atoms with Gasteiger partial charge in [0.15, 0.2) is 5.58 Å². The van der Waals surface area contributed by atoms with Crippen molar-refractivity contribution in [3.63, 3.8) is 0 Å². The second-order valence-electron chi connectivity index (χ2n) is 4.71. The molecule has 8 nitrogen and oxygen atoms in total. The molecule has 10 heteroatoms. The molecule has 4 aromatic rings. The average Bonchev–Trinajstić information content (AvgIpc) is 3.07. The zero-order chi connectivity index (χ0) is 16.0. The number of nitrogens with one attached hydrogen (secondary N) is 1. The number of benzene rings is 1. The van der Waals surface area contributed by atoms with Gasteiger partial charge in [-0.25, -0.2) is 9.97 Å². The largest absolute Gasteiger partial charge is 0.431 e. The Morgan fingerprint density at radius 2 is 2.17 bits per heavy atom. The maximum absolute atomic E-state index is 11.9. The van der Waals surface area contributed by atoms with Crippen molar-refractivity contribution < 1.29 is 4.42 Å². The number of halogens is 1. The van der Waals surface area contributed by atoms with E-state index in [-0.39, 0.29) is 17.3 Å². The SMILES string of the molecule is Nc1nc2nc(CSc3nc4ccc(Cl)cc4o3)cc(=O)n2[nH]1. The maximum Gasteiger partial charge on any atom is 0.274 e. The summed E-state index contributed by atoms with van der Waals surface area (Å²) in [5, 5.41) is 3.67. The fourth-order valence-electron chi connectivity index (χ4n) is 2.09. The van der Waals surface area contributed by atoms with Crippen LogP contribution in [0.5, 0.6) is 0 Å². The van der Waals surface area contributed by atoms with Crippen molar-refractivity contribution in [2.75, 3.05) is 5.73 Å². The van der Waals surface area contributed by atoms with Crippen LogP contribution < -0.4 is 11.3 Å². The van der Waals surface area contributed by atoms with E-state index in [2.05, 4.69) is 20.1 Å². The van der Waals surface area contributed by atoms with Crippen LogP contribution >= 0.6 is 23.4 Å². The van der Waals surface area contributed by atoms with Crippen LogP contribution in [-0.4, -0.2) is 24.6 Å². The number of H-pyrrole nitrogens is 1. The zero-order valence-corrected chi connectivity index (χ0v) is 13.1. The monoisotopic (exact) mass is 348 g/mol. The third-order valence-corrected chi connectivity index (χ3v) is 4.17. The summed E-state index contributed by atoms with van der Waals surface area (Å²) in [6, 6.07) is 6.65. The summed E-state index contributed by atoms with van der Waals surface area (Å²) in [5.74, 6) is 0.782. The number of thioether (sulfide) groups is 1. The van der Waals surface area contributed by atoms with Gasteiger partial charge in [-0.2, -0.15) is 9.50 Å². The number of aromatic amines is 1. The van der Waals surface area contributed by atoms with E-state index in [4.69, 9.17) is 21.8 Å². The molecule has 3 heterocycles. The average molecular weight is 349 g/mol. The molecule has 0 atom stereocenters. The lowest BCUT2D eigenvalue weighted by Gasteiger charge is -1.97. The Bertz CT molecular complexity index is 1090. The minimum atomic E-state index is -0.279. The van der Waals surface area contributed by atoms with Crippen LogP contribution in [0.3, 0.4) is 0 Å². The highest BCUT2D eigenvalue weighted by atomic mass is 35.5. The third kappa shape index (κ3) is 2.64. The fourth-order valence-corrected chi connectivity index (χ4v) is 2.99. The number of nitrogens with zero attached hydrogens (tertiary/aromatic N) is 4. The molecule has 0 spiro atoms. The molecule has 0 radical (unpaired) electrons. The number of oxazole rings is 1. The van der Waals surface area contributed by atoms with Gasteiger partial charge in [-0.15, -0.1) is 0 Å². The van der Waals surface area contributed by atoms with E-state index in [1.54, 1.807) is 18.2 Å². The van der Waals surface area contributed by atoms with E-state index >= 15 is 0 Å². The number of rotatable bonds is 3. The van der Waals surface area contributed by atoms with Crippen LogP contribution in [0.4, 0.5) is 5.95 Å². The zero-order valence-electron chi connectivity index (χ0n) is 11.5. The first kappa shape index (κ1) is 14.1. The molecule has 0 saturated carbocycles. The van der Waals surface area contributed by atoms with Gasteiger partial charge in [-0.3, -0.25) is 9.89 Å². The molecular formula is C13H9ClN6O2S. The third-order valence-electron chi connectivity index (χ3n) is 3.08. The molecule has 0 aliphatic rings. The molecule has 0 bridgehead atoms. The van der Waals surface area contributed by atoms with Gasteiger partial charge in [0.1, 0.15) is 5.52 Å². The van der Waals surface area contributed by atoms with Gasteiger partial charge in [0.05, 0.1) is 5.69 Å². The van der Waals surface area contributed by atoms with Gasteiger partial charge in [-0.05, 0) is 12.1 Å². The Hall–Kier alpha value is -2.52. The number of hydrogen-bond donors (Lipinski definition) is 2. The van der Waals surface area contributed by atoms with Gasteiger partial charge < -0.3 is 10.2 Å². The summed E-state index contributed by atoms with van der Waals surface area (Å²) in [4.78, 5) is 24.5. The van der Waals surface area contributed by atoms with Gasteiger partial charge in [-0.1, -0.05) is 23.4 Å². The number of nitrogen functional groups attached to an aromatic ring is 1. The van der Waals surface area contributed by atoms with Crippen LogP contribution in [0.25, 0.3) is 16.9 Å². The van der Waals surface area contributed by atoms with Crippen LogP contribution in [0, 0.1) is 0 Å². The number of aromatic nitrogens is 5. The molecule has 0 saturated heterocycles. The lowest BCUT2D eigenvalue weighted by Crippen LogP contribution is -2.15. The Kier molecular flexibility index (Phi) is 3.24. The molecule has 1 aromatic carbocycles. The van der Waals surface area contributed by atoms with Crippen molar-refractivity contribution in [3.8, 4) is 0 Å². The number of fused-ring (bicyclic) bond motifs is 2. The molecule has 0 aliphatic carbocycles.